The van der Waals surface area contributed by atoms with Crippen LogP contribution in [0.15, 0.2) is 18.3 Å². The Kier molecular flexibility index (Phi) is 8.04. The van der Waals surface area contributed by atoms with Gasteiger partial charge < -0.3 is 30.2 Å². The Morgan fingerprint density at radius 2 is 1.89 bits per heavy atom. The molecule has 0 spiro atoms. The number of aromatic nitrogens is 3. The summed E-state index contributed by atoms with van der Waals surface area (Å²) in [6, 6.07) is 4.04. The number of piperidine rings is 1. The Hall–Kier alpha value is -3.31. The second-order valence-corrected chi connectivity index (χ2v) is 10.5. The van der Waals surface area contributed by atoms with Gasteiger partial charge in [0.05, 0.1) is 30.6 Å². The van der Waals surface area contributed by atoms with Crippen LogP contribution in [0.5, 0.6) is 6.01 Å². The first kappa shape index (κ1) is 26.3. The number of hydrogen-bond acceptors (Lipinski definition) is 10. The smallest absolute Gasteiger partial charge is 0.354 e. The quantitative estimate of drug-likeness (QED) is 0.418. The largest absolute Gasteiger partial charge is 0.477 e. The molecular weight excluding hydrogens is 486 g/mol. The summed E-state index contributed by atoms with van der Waals surface area (Å²) in [5.74, 6) is -0.194. The van der Waals surface area contributed by atoms with Crippen molar-refractivity contribution in [3.8, 4) is 6.01 Å². The van der Waals surface area contributed by atoms with Crippen molar-refractivity contribution in [2.45, 2.75) is 58.1 Å². The van der Waals surface area contributed by atoms with Crippen LogP contribution in [-0.4, -0.2) is 88.2 Å². The van der Waals surface area contributed by atoms with Crippen LogP contribution in [0.2, 0.25) is 0 Å². The molecule has 0 amide bonds. The van der Waals surface area contributed by atoms with Gasteiger partial charge in [-0.1, -0.05) is 6.42 Å². The number of ether oxygens (including phenoxy) is 2. The number of hydrogen-bond donors (Lipinski definition) is 3. The molecule has 1 aliphatic carbocycles. The highest BCUT2D eigenvalue weighted by molar-refractivity contribution is 6.10. The molecule has 0 atom stereocenters. The molecule has 0 bridgehead atoms. The molecule has 11 nitrogen and oxygen atoms in total. The lowest BCUT2D eigenvalue weighted by molar-refractivity contribution is 0.0115. The number of carboxylic acid groups (broad SMARTS) is 1. The van der Waals surface area contributed by atoms with Crippen LogP contribution in [0.25, 0.3) is 0 Å². The van der Waals surface area contributed by atoms with E-state index >= 15 is 0 Å². The van der Waals surface area contributed by atoms with Gasteiger partial charge in [-0.05, 0) is 51.7 Å². The number of nitrogens with one attached hydrogen (secondary N) is 2. The lowest BCUT2D eigenvalue weighted by Crippen LogP contribution is -2.49. The van der Waals surface area contributed by atoms with Crippen LogP contribution in [0.1, 0.15) is 62.0 Å². The van der Waals surface area contributed by atoms with Crippen LogP contribution in [-0.2, 0) is 4.74 Å². The van der Waals surface area contributed by atoms with E-state index in [2.05, 4.69) is 30.1 Å². The number of carboxylic acids is 1. The highest BCUT2D eigenvalue weighted by atomic mass is 16.5. The summed E-state index contributed by atoms with van der Waals surface area (Å²) in [7, 11) is 0. The van der Waals surface area contributed by atoms with Crippen molar-refractivity contribution < 1.29 is 19.4 Å². The van der Waals surface area contributed by atoms with Gasteiger partial charge in [-0.3, -0.25) is 4.90 Å². The topological polar surface area (TPSA) is 137 Å². The molecule has 0 radical (unpaired) electrons. The summed E-state index contributed by atoms with van der Waals surface area (Å²) in [4.78, 5) is 29.9. The van der Waals surface area contributed by atoms with Crippen molar-refractivity contribution in [1.82, 2.24) is 19.9 Å². The van der Waals surface area contributed by atoms with Crippen molar-refractivity contribution >= 4 is 29.0 Å². The molecule has 3 N–H and O–H groups in total. The summed E-state index contributed by atoms with van der Waals surface area (Å²) >= 11 is 0. The van der Waals surface area contributed by atoms with Crippen molar-refractivity contribution in [1.29, 1.82) is 5.41 Å². The fourth-order valence-electron chi connectivity index (χ4n) is 5.36. The van der Waals surface area contributed by atoms with Gasteiger partial charge in [0.2, 0.25) is 0 Å². The number of rotatable bonds is 9. The maximum atomic E-state index is 12.1. The Morgan fingerprint density at radius 3 is 2.53 bits per heavy atom. The Balaban J connectivity index is 1.48. The van der Waals surface area contributed by atoms with Gasteiger partial charge in [-0.2, -0.15) is 4.98 Å². The molecule has 38 heavy (non-hydrogen) atoms. The highest BCUT2D eigenvalue weighted by Gasteiger charge is 2.33. The zero-order valence-corrected chi connectivity index (χ0v) is 22.2. The molecule has 204 valence electrons. The van der Waals surface area contributed by atoms with Crippen LogP contribution in [0.4, 0.5) is 17.3 Å². The molecule has 4 heterocycles. The van der Waals surface area contributed by atoms with E-state index in [4.69, 9.17) is 14.9 Å². The predicted octanol–water partition coefficient (Wildman–Crippen LogP) is 3.57. The fraction of sp³-hybridized carbons (Fsp3) is 0.593. The Labute approximate surface area is 223 Å². The third-order valence-electron chi connectivity index (χ3n) is 7.59. The zero-order valence-electron chi connectivity index (χ0n) is 22.2. The fourth-order valence-corrected chi connectivity index (χ4v) is 5.36. The van der Waals surface area contributed by atoms with Crippen LogP contribution < -0.4 is 15.0 Å². The first-order valence-electron chi connectivity index (χ1n) is 13.6. The van der Waals surface area contributed by atoms with E-state index in [0.717, 1.165) is 77.2 Å². The molecule has 1 saturated carbocycles. The SMILES string of the molecule is CC(C)Oc1nccc(Nc2nc(C(=O)O)cc(N3CCC(N4CCOCC4)CC3)c2C(=N)C2CCC2)n1. The molecule has 2 aromatic heterocycles. The van der Waals surface area contributed by atoms with Crippen molar-refractivity contribution in [2.24, 2.45) is 5.92 Å². The van der Waals surface area contributed by atoms with Crippen molar-refractivity contribution in [3.63, 3.8) is 0 Å². The first-order chi connectivity index (χ1) is 18.4. The number of pyridine rings is 1. The van der Waals surface area contributed by atoms with E-state index in [9.17, 15) is 9.90 Å². The third-order valence-corrected chi connectivity index (χ3v) is 7.59. The number of morpholine rings is 1. The Morgan fingerprint density at radius 1 is 1.16 bits per heavy atom. The van der Waals surface area contributed by atoms with Gasteiger partial charge >= 0.3 is 12.0 Å². The average Bonchev–Trinajstić information content (AvgIpc) is 2.87. The minimum Gasteiger partial charge on any atom is -0.477 e. The third kappa shape index (κ3) is 5.88. The monoisotopic (exact) mass is 523 g/mol. The Bertz CT molecular complexity index is 1160. The molecule has 5 rings (SSSR count). The minimum absolute atomic E-state index is 0.0596. The van der Waals surface area contributed by atoms with Crippen LogP contribution in [0.3, 0.4) is 0 Å². The number of nitrogens with zero attached hydrogens (tertiary/aromatic N) is 5. The molecule has 2 saturated heterocycles. The van der Waals surface area contributed by atoms with Crippen molar-refractivity contribution in [3.05, 3.63) is 29.6 Å². The molecule has 0 aromatic carbocycles. The van der Waals surface area contributed by atoms with E-state index in [-0.39, 0.29) is 23.7 Å². The molecule has 2 aromatic rings. The van der Waals surface area contributed by atoms with Crippen LogP contribution in [0, 0.1) is 11.3 Å². The highest BCUT2D eigenvalue weighted by Crippen LogP contribution is 2.38. The maximum Gasteiger partial charge on any atom is 0.354 e. The molecule has 3 fully saturated rings. The summed E-state index contributed by atoms with van der Waals surface area (Å²) in [6.45, 7) is 8.83. The number of aromatic carboxylic acids is 1. The number of carbonyl (C=O) groups is 1. The normalized spacial score (nSPS) is 19.3. The standard InChI is InChI=1S/C27H37N7O4/c1-17(2)38-27-29-9-6-22(32-27)31-25-23(24(28)18-4-3-5-18)21(16-20(30-25)26(35)36)34-10-7-19(8-11-34)33-12-14-37-15-13-33/h6,9,16-19,28H,3-5,7-8,10-15H2,1-2H3,(H,35,36)(H,29,30,31,32). The minimum atomic E-state index is -1.11. The van der Waals surface area contributed by atoms with E-state index in [1.165, 1.54) is 0 Å². The summed E-state index contributed by atoms with van der Waals surface area (Å²) < 4.78 is 11.2. The van der Waals surface area contributed by atoms with Gasteiger partial charge in [-0.15, -0.1) is 0 Å². The van der Waals surface area contributed by atoms with Gasteiger partial charge in [0.1, 0.15) is 11.6 Å². The lowest BCUT2D eigenvalue weighted by atomic mass is 9.79. The average molecular weight is 524 g/mol. The zero-order chi connectivity index (χ0) is 26.6. The first-order valence-corrected chi connectivity index (χ1v) is 13.6. The van der Waals surface area contributed by atoms with Gasteiger partial charge in [0.15, 0.2) is 5.69 Å². The van der Waals surface area contributed by atoms with E-state index < -0.39 is 5.97 Å². The van der Waals surface area contributed by atoms with E-state index in [0.29, 0.717) is 29.0 Å². The second kappa shape index (κ2) is 11.6. The van der Waals surface area contributed by atoms with E-state index in [1.54, 1.807) is 18.3 Å². The number of anilines is 3. The van der Waals surface area contributed by atoms with Crippen molar-refractivity contribution in [2.75, 3.05) is 49.6 Å². The maximum absolute atomic E-state index is 12.1. The molecule has 2 aliphatic heterocycles. The molecule has 11 heteroatoms. The summed E-state index contributed by atoms with van der Waals surface area (Å²) in [5, 5.41) is 22.3. The second-order valence-electron chi connectivity index (χ2n) is 10.5. The lowest BCUT2D eigenvalue weighted by Gasteiger charge is -2.41. The van der Waals surface area contributed by atoms with Crippen LogP contribution >= 0.6 is 0 Å². The van der Waals surface area contributed by atoms with Gasteiger partial charge in [0.25, 0.3) is 0 Å². The predicted molar refractivity (Wildman–Crippen MR) is 144 cm³/mol. The summed E-state index contributed by atoms with van der Waals surface area (Å²) in [6.07, 6.45) is 6.46. The van der Waals surface area contributed by atoms with Gasteiger partial charge in [0, 0.05) is 50.0 Å². The molecule has 3 aliphatic rings. The summed E-state index contributed by atoms with van der Waals surface area (Å²) in [5.41, 5.74) is 1.86. The van der Waals surface area contributed by atoms with E-state index in [1.807, 2.05) is 13.8 Å². The molecular formula is C27H37N7O4. The van der Waals surface area contributed by atoms with Gasteiger partial charge in [-0.25, -0.2) is 14.8 Å². The molecule has 0 unspecified atom stereocenters.